The Labute approximate surface area is 107 Å². The SMILES string of the molecule is CC(Oc1ccc([C@@H](C)N)c(F)c1)C(=O)N(C)C. The van der Waals surface area contributed by atoms with E-state index in [1.54, 1.807) is 40.1 Å². The van der Waals surface area contributed by atoms with Crippen molar-refractivity contribution in [1.29, 1.82) is 0 Å². The normalized spacial score (nSPS) is 13.9. The van der Waals surface area contributed by atoms with Crippen molar-refractivity contribution in [3.63, 3.8) is 0 Å². The number of amides is 1. The van der Waals surface area contributed by atoms with Gasteiger partial charge in [-0.25, -0.2) is 4.39 Å². The van der Waals surface area contributed by atoms with E-state index in [1.807, 2.05) is 0 Å². The first-order valence-electron chi connectivity index (χ1n) is 5.75. The minimum absolute atomic E-state index is 0.174. The van der Waals surface area contributed by atoms with Crippen LogP contribution < -0.4 is 10.5 Å². The van der Waals surface area contributed by atoms with Crippen LogP contribution in [0.4, 0.5) is 4.39 Å². The zero-order valence-corrected chi connectivity index (χ0v) is 11.1. The fraction of sp³-hybridized carbons (Fsp3) is 0.462. The fourth-order valence-corrected chi connectivity index (χ4v) is 1.57. The Morgan fingerprint density at radius 1 is 1.39 bits per heavy atom. The summed E-state index contributed by atoms with van der Waals surface area (Å²) in [6, 6.07) is 4.06. The lowest BCUT2D eigenvalue weighted by molar-refractivity contribution is -0.135. The Morgan fingerprint density at radius 3 is 2.44 bits per heavy atom. The molecule has 0 fully saturated rings. The fourth-order valence-electron chi connectivity index (χ4n) is 1.57. The molecule has 0 heterocycles. The summed E-state index contributed by atoms with van der Waals surface area (Å²) in [6.07, 6.45) is -0.652. The summed E-state index contributed by atoms with van der Waals surface area (Å²) < 4.78 is 19.0. The molecule has 0 aliphatic carbocycles. The Kier molecular flexibility index (Phi) is 4.67. The van der Waals surface area contributed by atoms with Gasteiger partial charge in [0.05, 0.1) is 0 Å². The molecule has 1 unspecified atom stereocenters. The van der Waals surface area contributed by atoms with Crippen LogP contribution in [0.5, 0.6) is 5.75 Å². The number of likely N-dealkylation sites (N-methyl/N-ethyl adjacent to an activating group) is 1. The molecule has 18 heavy (non-hydrogen) atoms. The van der Waals surface area contributed by atoms with Crippen molar-refractivity contribution in [2.75, 3.05) is 14.1 Å². The van der Waals surface area contributed by atoms with Gasteiger partial charge in [-0.3, -0.25) is 4.79 Å². The number of hydrogen-bond acceptors (Lipinski definition) is 3. The minimum Gasteiger partial charge on any atom is -0.481 e. The van der Waals surface area contributed by atoms with Crippen molar-refractivity contribution in [1.82, 2.24) is 4.90 Å². The predicted molar refractivity (Wildman–Crippen MR) is 67.8 cm³/mol. The van der Waals surface area contributed by atoms with Crippen LogP contribution in [0.1, 0.15) is 25.5 Å². The minimum atomic E-state index is -0.652. The second-order valence-corrected chi connectivity index (χ2v) is 4.46. The van der Waals surface area contributed by atoms with Gasteiger partial charge in [-0.05, 0) is 19.9 Å². The topological polar surface area (TPSA) is 55.6 Å². The average molecular weight is 254 g/mol. The maximum atomic E-state index is 13.7. The van der Waals surface area contributed by atoms with Gasteiger partial charge in [-0.2, -0.15) is 0 Å². The number of carbonyl (C=O) groups excluding carboxylic acids is 1. The first kappa shape index (κ1) is 14.4. The third-order valence-corrected chi connectivity index (χ3v) is 2.56. The Morgan fingerprint density at radius 2 is 2.00 bits per heavy atom. The molecule has 1 amide bonds. The molecule has 100 valence electrons. The number of ether oxygens (including phenoxy) is 1. The summed E-state index contributed by atoms with van der Waals surface area (Å²) in [5.74, 6) is -0.279. The van der Waals surface area contributed by atoms with Crippen LogP contribution >= 0.6 is 0 Å². The molecule has 0 aliphatic heterocycles. The van der Waals surface area contributed by atoms with E-state index in [2.05, 4.69) is 0 Å². The number of carbonyl (C=O) groups is 1. The van der Waals surface area contributed by atoms with Crippen LogP contribution in [-0.2, 0) is 4.79 Å². The van der Waals surface area contributed by atoms with Gasteiger partial charge in [0.1, 0.15) is 11.6 Å². The maximum absolute atomic E-state index is 13.7. The van der Waals surface area contributed by atoms with Crippen LogP contribution in [0.2, 0.25) is 0 Å². The van der Waals surface area contributed by atoms with Crippen molar-refractivity contribution in [2.45, 2.75) is 26.0 Å². The van der Waals surface area contributed by atoms with Gasteiger partial charge in [0, 0.05) is 31.8 Å². The van der Waals surface area contributed by atoms with E-state index in [1.165, 1.54) is 11.0 Å². The Hall–Kier alpha value is -1.62. The van der Waals surface area contributed by atoms with E-state index in [4.69, 9.17) is 10.5 Å². The summed E-state index contributed by atoms with van der Waals surface area (Å²) in [5.41, 5.74) is 6.04. The monoisotopic (exact) mass is 254 g/mol. The van der Waals surface area contributed by atoms with Gasteiger partial charge < -0.3 is 15.4 Å². The lowest BCUT2D eigenvalue weighted by Gasteiger charge is -2.18. The van der Waals surface area contributed by atoms with Crippen molar-refractivity contribution >= 4 is 5.91 Å². The summed E-state index contributed by atoms with van der Waals surface area (Å²) >= 11 is 0. The number of halogens is 1. The molecular formula is C13H19FN2O2. The molecular weight excluding hydrogens is 235 g/mol. The molecule has 0 aliphatic rings. The van der Waals surface area contributed by atoms with E-state index in [0.717, 1.165) is 0 Å². The molecule has 5 heteroatoms. The zero-order valence-electron chi connectivity index (χ0n) is 11.1. The summed E-state index contributed by atoms with van der Waals surface area (Å²) in [4.78, 5) is 13.0. The van der Waals surface area contributed by atoms with E-state index in [0.29, 0.717) is 11.3 Å². The standard InChI is InChI=1S/C13H19FN2O2/c1-8(15)11-6-5-10(7-12(11)14)18-9(2)13(17)16(3)4/h5-9H,15H2,1-4H3/t8-,9?/m1/s1. The number of nitrogens with two attached hydrogens (primary N) is 1. The lowest BCUT2D eigenvalue weighted by Crippen LogP contribution is -2.35. The molecule has 1 rings (SSSR count). The summed E-state index contributed by atoms with van der Waals surface area (Å²) in [7, 11) is 3.28. The highest BCUT2D eigenvalue weighted by atomic mass is 19.1. The molecule has 1 aromatic carbocycles. The smallest absolute Gasteiger partial charge is 0.262 e. The molecule has 0 aromatic heterocycles. The average Bonchev–Trinajstić information content (AvgIpc) is 2.27. The molecule has 0 saturated carbocycles. The molecule has 0 radical (unpaired) electrons. The van der Waals surface area contributed by atoms with Crippen LogP contribution in [0.3, 0.4) is 0 Å². The van der Waals surface area contributed by atoms with E-state index in [9.17, 15) is 9.18 Å². The first-order chi connectivity index (χ1) is 8.32. The zero-order chi connectivity index (χ0) is 13.9. The van der Waals surface area contributed by atoms with Crippen molar-refractivity contribution in [3.05, 3.63) is 29.6 Å². The van der Waals surface area contributed by atoms with Gasteiger partial charge in [0.25, 0.3) is 5.91 Å². The van der Waals surface area contributed by atoms with Gasteiger partial charge in [0.2, 0.25) is 0 Å². The van der Waals surface area contributed by atoms with Gasteiger partial charge >= 0.3 is 0 Å². The van der Waals surface area contributed by atoms with Gasteiger partial charge in [-0.1, -0.05) is 6.07 Å². The van der Waals surface area contributed by atoms with Crippen LogP contribution in [-0.4, -0.2) is 31.0 Å². The van der Waals surface area contributed by atoms with E-state index < -0.39 is 11.9 Å². The Bertz CT molecular complexity index is 433. The van der Waals surface area contributed by atoms with Crippen molar-refractivity contribution in [2.24, 2.45) is 5.73 Å². The molecule has 2 N–H and O–H groups in total. The number of benzene rings is 1. The lowest BCUT2D eigenvalue weighted by atomic mass is 10.1. The third kappa shape index (κ3) is 3.43. The van der Waals surface area contributed by atoms with Crippen LogP contribution in [0, 0.1) is 5.82 Å². The summed E-state index contributed by atoms with van der Waals surface area (Å²) in [5, 5.41) is 0. The molecule has 0 saturated heterocycles. The maximum Gasteiger partial charge on any atom is 0.262 e. The van der Waals surface area contributed by atoms with E-state index >= 15 is 0 Å². The highest BCUT2D eigenvalue weighted by Crippen LogP contribution is 2.21. The molecule has 4 nitrogen and oxygen atoms in total. The number of hydrogen-bond donors (Lipinski definition) is 1. The summed E-state index contributed by atoms with van der Waals surface area (Å²) in [6.45, 7) is 3.33. The van der Waals surface area contributed by atoms with Crippen LogP contribution in [0.15, 0.2) is 18.2 Å². The largest absolute Gasteiger partial charge is 0.481 e. The first-order valence-corrected chi connectivity index (χ1v) is 5.75. The van der Waals surface area contributed by atoms with Crippen molar-refractivity contribution in [3.8, 4) is 5.75 Å². The molecule has 0 spiro atoms. The highest BCUT2D eigenvalue weighted by molar-refractivity contribution is 5.80. The number of nitrogens with zero attached hydrogens (tertiary/aromatic N) is 1. The van der Waals surface area contributed by atoms with Crippen LogP contribution in [0.25, 0.3) is 0 Å². The molecule has 0 bridgehead atoms. The van der Waals surface area contributed by atoms with Gasteiger partial charge in [0.15, 0.2) is 6.10 Å². The van der Waals surface area contributed by atoms with Crippen molar-refractivity contribution < 1.29 is 13.9 Å². The van der Waals surface area contributed by atoms with Gasteiger partial charge in [-0.15, -0.1) is 0 Å². The second kappa shape index (κ2) is 5.82. The quantitative estimate of drug-likeness (QED) is 0.889. The molecule has 2 atom stereocenters. The highest BCUT2D eigenvalue weighted by Gasteiger charge is 2.17. The number of rotatable bonds is 4. The third-order valence-electron chi connectivity index (χ3n) is 2.56. The molecule has 1 aromatic rings. The Balaban J connectivity index is 2.81. The predicted octanol–water partition coefficient (Wildman–Crippen LogP) is 1.70. The van der Waals surface area contributed by atoms with E-state index in [-0.39, 0.29) is 11.9 Å². The second-order valence-electron chi connectivity index (χ2n) is 4.46.